The van der Waals surface area contributed by atoms with E-state index in [1.807, 2.05) is 5.38 Å². The maximum Gasteiger partial charge on any atom is 0.192 e. The van der Waals surface area contributed by atoms with Gasteiger partial charge in [-0.2, -0.15) is 16.6 Å². The summed E-state index contributed by atoms with van der Waals surface area (Å²) in [5.74, 6) is 0.450. The van der Waals surface area contributed by atoms with Crippen molar-refractivity contribution in [1.82, 2.24) is 0 Å². The van der Waals surface area contributed by atoms with E-state index in [-0.39, 0.29) is 10.7 Å². The lowest BCUT2D eigenvalue weighted by Gasteiger charge is -2.04. The number of nitrogens with zero attached hydrogens (tertiary/aromatic N) is 1. The lowest BCUT2D eigenvalue weighted by atomic mass is 10.2. The first-order valence-electron chi connectivity index (χ1n) is 6.05. The van der Waals surface area contributed by atoms with Crippen LogP contribution in [-0.2, 0) is 15.6 Å². The highest BCUT2D eigenvalue weighted by atomic mass is 32.2. The lowest BCUT2D eigenvalue weighted by Crippen LogP contribution is -2.06. The van der Waals surface area contributed by atoms with Gasteiger partial charge in [-0.25, -0.2) is 8.42 Å². The molecule has 0 saturated heterocycles. The quantitative estimate of drug-likeness (QED) is 0.794. The molecule has 0 fully saturated rings. The number of hydrogen-bond donors (Lipinski definition) is 0. The lowest BCUT2D eigenvalue weighted by molar-refractivity contribution is 0.414. The Bertz CT molecular complexity index is 767. The Morgan fingerprint density at radius 2 is 2.05 bits per heavy atom. The molecule has 1 aromatic heterocycles. The van der Waals surface area contributed by atoms with Gasteiger partial charge in [0.15, 0.2) is 9.84 Å². The van der Waals surface area contributed by atoms with E-state index in [0.29, 0.717) is 11.3 Å². The average Bonchev–Trinajstić information content (AvgIpc) is 2.98. The maximum atomic E-state index is 12.3. The van der Waals surface area contributed by atoms with E-state index in [2.05, 4.69) is 0 Å². The van der Waals surface area contributed by atoms with Gasteiger partial charge in [0.25, 0.3) is 0 Å². The molecule has 0 N–H and O–H groups in total. The molecule has 0 radical (unpaired) electrons. The van der Waals surface area contributed by atoms with Gasteiger partial charge in [-0.3, -0.25) is 0 Å². The van der Waals surface area contributed by atoms with Gasteiger partial charge in [-0.05, 0) is 46.2 Å². The van der Waals surface area contributed by atoms with Crippen molar-refractivity contribution >= 4 is 27.3 Å². The molecule has 2 rings (SSSR count). The number of nitriles is 1. The fraction of sp³-hybridized carbons (Fsp3) is 0.133. The van der Waals surface area contributed by atoms with Crippen molar-refractivity contribution in [3.8, 4) is 11.8 Å². The molecule has 4 nitrogen and oxygen atoms in total. The number of rotatable bonds is 5. The molecule has 0 bridgehead atoms. The first kappa shape index (κ1) is 15.3. The molecule has 0 amide bonds. The smallest absolute Gasteiger partial charge is 0.192 e. The highest BCUT2D eigenvalue weighted by molar-refractivity contribution is 7.95. The summed E-state index contributed by atoms with van der Waals surface area (Å²) >= 11 is 1.45. The summed E-state index contributed by atoms with van der Waals surface area (Å²) in [4.78, 5) is -0.225. The Morgan fingerprint density at radius 1 is 1.33 bits per heavy atom. The van der Waals surface area contributed by atoms with Crippen molar-refractivity contribution in [2.24, 2.45) is 0 Å². The number of allylic oxidation sites excluding steroid dienone is 1. The zero-order chi connectivity index (χ0) is 15.3. The Kier molecular flexibility index (Phi) is 4.78. The standard InChI is InChI=1S/C15H13NO3S2/c1-19-14-4-2-12(3-5-14)11-21(17,18)15(9-16)8-13-6-7-20-10-13/h2-8,10H,11H2,1H3/b15-8-. The third-order valence-corrected chi connectivity index (χ3v) is 5.10. The van der Waals surface area contributed by atoms with Gasteiger partial charge >= 0.3 is 0 Å². The minimum Gasteiger partial charge on any atom is -0.497 e. The van der Waals surface area contributed by atoms with Crippen LogP contribution in [0.1, 0.15) is 11.1 Å². The maximum absolute atomic E-state index is 12.3. The Morgan fingerprint density at radius 3 is 2.57 bits per heavy atom. The second-order valence-electron chi connectivity index (χ2n) is 4.28. The topological polar surface area (TPSA) is 67.2 Å². The number of benzene rings is 1. The summed E-state index contributed by atoms with van der Waals surface area (Å²) in [6, 6.07) is 10.3. The van der Waals surface area contributed by atoms with Gasteiger partial charge in [0.2, 0.25) is 0 Å². The molecule has 2 aromatic rings. The van der Waals surface area contributed by atoms with Crippen LogP contribution in [0.15, 0.2) is 46.0 Å². The Hall–Kier alpha value is -2.10. The summed E-state index contributed by atoms with van der Waals surface area (Å²) < 4.78 is 29.6. The second-order valence-corrected chi connectivity index (χ2v) is 7.02. The summed E-state index contributed by atoms with van der Waals surface area (Å²) in [6.45, 7) is 0. The second kappa shape index (κ2) is 6.57. The van der Waals surface area contributed by atoms with Crippen LogP contribution in [0, 0.1) is 11.3 Å². The fourth-order valence-corrected chi connectivity index (χ4v) is 3.58. The zero-order valence-corrected chi connectivity index (χ0v) is 12.9. The molecule has 0 unspecified atom stereocenters. The molecule has 0 atom stereocenters. The monoisotopic (exact) mass is 319 g/mol. The predicted octanol–water partition coefficient (Wildman–Crippen LogP) is 3.24. The van der Waals surface area contributed by atoms with Crippen LogP contribution >= 0.6 is 11.3 Å². The first-order chi connectivity index (χ1) is 10.0. The molecular formula is C15H13NO3S2. The SMILES string of the molecule is COc1ccc(CS(=O)(=O)/C(C#N)=C\c2ccsc2)cc1. The zero-order valence-electron chi connectivity index (χ0n) is 11.3. The van der Waals surface area contributed by atoms with E-state index in [4.69, 9.17) is 10.00 Å². The van der Waals surface area contributed by atoms with Crippen molar-refractivity contribution in [2.45, 2.75) is 5.75 Å². The molecule has 6 heteroatoms. The van der Waals surface area contributed by atoms with Crippen molar-refractivity contribution in [3.05, 3.63) is 57.1 Å². The molecule has 21 heavy (non-hydrogen) atoms. The van der Waals surface area contributed by atoms with Crippen LogP contribution in [0.25, 0.3) is 6.08 Å². The van der Waals surface area contributed by atoms with Crippen molar-refractivity contribution in [1.29, 1.82) is 5.26 Å². The van der Waals surface area contributed by atoms with E-state index in [1.54, 1.807) is 48.9 Å². The molecule has 0 saturated carbocycles. The van der Waals surface area contributed by atoms with Gasteiger partial charge in [0.05, 0.1) is 12.9 Å². The van der Waals surface area contributed by atoms with Crippen LogP contribution in [0.3, 0.4) is 0 Å². The minimum absolute atomic E-state index is 0.208. The Balaban J connectivity index is 2.26. The summed E-state index contributed by atoms with van der Waals surface area (Å²) in [5.41, 5.74) is 1.33. The Labute approximate surface area is 127 Å². The van der Waals surface area contributed by atoms with Gasteiger partial charge in [0, 0.05) is 0 Å². The first-order valence-corrected chi connectivity index (χ1v) is 8.64. The molecule has 1 aromatic carbocycles. The van der Waals surface area contributed by atoms with E-state index in [1.165, 1.54) is 17.4 Å². The van der Waals surface area contributed by atoms with Crippen molar-refractivity contribution in [3.63, 3.8) is 0 Å². The van der Waals surface area contributed by atoms with Gasteiger partial charge in [0.1, 0.15) is 16.7 Å². The normalized spacial score (nSPS) is 11.9. The molecule has 108 valence electrons. The van der Waals surface area contributed by atoms with E-state index in [9.17, 15) is 8.42 Å². The summed E-state index contributed by atoms with van der Waals surface area (Å²) in [5, 5.41) is 12.7. The largest absolute Gasteiger partial charge is 0.497 e. The van der Waals surface area contributed by atoms with Crippen LogP contribution in [-0.4, -0.2) is 15.5 Å². The number of hydrogen-bond acceptors (Lipinski definition) is 5. The molecule has 0 aliphatic rings. The molecule has 1 heterocycles. The van der Waals surface area contributed by atoms with Crippen LogP contribution in [0.4, 0.5) is 0 Å². The predicted molar refractivity (Wildman–Crippen MR) is 83.5 cm³/mol. The summed E-state index contributed by atoms with van der Waals surface area (Å²) in [7, 11) is -2.11. The molecule has 0 aliphatic heterocycles. The van der Waals surface area contributed by atoms with Crippen molar-refractivity contribution < 1.29 is 13.2 Å². The molecular weight excluding hydrogens is 306 g/mol. The fourth-order valence-electron chi connectivity index (χ4n) is 1.72. The summed E-state index contributed by atoms with van der Waals surface area (Å²) in [6.07, 6.45) is 1.40. The highest BCUT2D eigenvalue weighted by Gasteiger charge is 2.18. The van der Waals surface area contributed by atoms with Gasteiger partial charge in [-0.15, -0.1) is 0 Å². The van der Waals surface area contributed by atoms with E-state index >= 15 is 0 Å². The van der Waals surface area contributed by atoms with Crippen LogP contribution < -0.4 is 4.74 Å². The number of thiophene rings is 1. The van der Waals surface area contributed by atoms with Gasteiger partial charge in [-0.1, -0.05) is 12.1 Å². The number of methoxy groups -OCH3 is 1. The molecule has 0 spiro atoms. The van der Waals surface area contributed by atoms with E-state index in [0.717, 1.165) is 5.56 Å². The molecule has 0 aliphatic carbocycles. The van der Waals surface area contributed by atoms with Crippen LogP contribution in [0.5, 0.6) is 5.75 Å². The number of sulfone groups is 1. The van der Waals surface area contributed by atoms with Gasteiger partial charge < -0.3 is 4.74 Å². The third kappa shape index (κ3) is 3.94. The highest BCUT2D eigenvalue weighted by Crippen LogP contribution is 2.20. The van der Waals surface area contributed by atoms with Crippen molar-refractivity contribution in [2.75, 3.05) is 7.11 Å². The third-order valence-electron chi connectivity index (χ3n) is 2.80. The average molecular weight is 319 g/mol. The minimum atomic E-state index is -3.66. The number of ether oxygens (including phenoxy) is 1. The van der Waals surface area contributed by atoms with Crippen LogP contribution in [0.2, 0.25) is 0 Å². The van der Waals surface area contributed by atoms with E-state index < -0.39 is 9.84 Å².